The molecule has 124 valence electrons. The van der Waals surface area contributed by atoms with E-state index in [-0.39, 0.29) is 17.1 Å². The summed E-state index contributed by atoms with van der Waals surface area (Å²) in [6, 6.07) is 4.21. The van der Waals surface area contributed by atoms with Crippen LogP contribution in [-0.2, 0) is 7.05 Å². The van der Waals surface area contributed by atoms with E-state index in [4.69, 9.17) is 11.6 Å². The fourth-order valence-electron chi connectivity index (χ4n) is 2.29. The Morgan fingerprint density at radius 3 is 2.61 bits per heavy atom. The van der Waals surface area contributed by atoms with Crippen molar-refractivity contribution in [3.05, 3.63) is 39.4 Å². The van der Waals surface area contributed by atoms with Crippen molar-refractivity contribution >= 4 is 28.5 Å². The maximum absolute atomic E-state index is 12.4. The molecule has 0 spiro atoms. The summed E-state index contributed by atoms with van der Waals surface area (Å²) < 4.78 is 1.44. The summed E-state index contributed by atoms with van der Waals surface area (Å²) in [5, 5.41) is 6.61. The minimum absolute atomic E-state index is 0.174. The second-order valence-electron chi connectivity index (χ2n) is 6.57. The van der Waals surface area contributed by atoms with E-state index >= 15 is 0 Å². The first-order chi connectivity index (χ1) is 10.6. The van der Waals surface area contributed by atoms with E-state index in [1.165, 1.54) is 4.57 Å². The van der Waals surface area contributed by atoms with Gasteiger partial charge in [-0.2, -0.15) is 0 Å². The number of hydrogen-bond acceptors (Lipinski definition) is 3. The molecule has 6 nitrogen and oxygen atoms in total. The molecule has 0 saturated carbocycles. The number of nitrogens with zero attached hydrogens (tertiary/aromatic N) is 2. The van der Waals surface area contributed by atoms with Gasteiger partial charge in [0.2, 0.25) is 0 Å². The van der Waals surface area contributed by atoms with Crippen molar-refractivity contribution in [1.29, 1.82) is 0 Å². The Bertz CT molecular complexity index is 808. The first-order valence-electron chi connectivity index (χ1n) is 7.33. The molecule has 7 heteroatoms. The SMILES string of the molecule is CC(NC(=O)NC(C)(C)C)c1nc2cc(Cl)ccc2c(=O)n1C. The average Bonchev–Trinajstić information content (AvgIpc) is 2.40. The molecule has 1 aromatic heterocycles. The number of hydrogen-bond donors (Lipinski definition) is 2. The zero-order valence-electron chi connectivity index (χ0n) is 13.9. The van der Waals surface area contributed by atoms with Gasteiger partial charge in [0.25, 0.3) is 5.56 Å². The molecule has 2 amide bonds. The fourth-order valence-corrected chi connectivity index (χ4v) is 2.45. The Labute approximate surface area is 139 Å². The third-order valence-corrected chi connectivity index (χ3v) is 3.53. The van der Waals surface area contributed by atoms with Crippen LogP contribution in [0.3, 0.4) is 0 Å². The van der Waals surface area contributed by atoms with Crippen molar-refractivity contribution in [1.82, 2.24) is 20.2 Å². The van der Waals surface area contributed by atoms with Crippen LogP contribution >= 0.6 is 11.6 Å². The van der Waals surface area contributed by atoms with Gasteiger partial charge < -0.3 is 10.6 Å². The zero-order chi connectivity index (χ0) is 17.4. The summed E-state index contributed by atoms with van der Waals surface area (Å²) in [5.41, 5.74) is -0.00736. The molecule has 0 aliphatic rings. The van der Waals surface area contributed by atoms with Gasteiger partial charge in [0.15, 0.2) is 0 Å². The molecule has 0 bridgehead atoms. The quantitative estimate of drug-likeness (QED) is 0.885. The van der Waals surface area contributed by atoms with Crippen molar-refractivity contribution in [2.45, 2.75) is 39.3 Å². The highest BCUT2D eigenvalue weighted by molar-refractivity contribution is 6.31. The van der Waals surface area contributed by atoms with E-state index in [1.54, 1.807) is 32.2 Å². The second-order valence-corrected chi connectivity index (χ2v) is 7.00. The number of amides is 2. The number of urea groups is 1. The molecule has 1 heterocycles. The monoisotopic (exact) mass is 336 g/mol. The molecule has 1 unspecified atom stereocenters. The van der Waals surface area contributed by atoms with Crippen LogP contribution in [0.4, 0.5) is 4.79 Å². The molecule has 0 saturated heterocycles. The number of benzene rings is 1. The van der Waals surface area contributed by atoms with Crippen LogP contribution in [-0.4, -0.2) is 21.1 Å². The lowest BCUT2D eigenvalue weighted by Gasteiger charge is -2.23. The van der Waals surface area contributed by atoms with Gasteiger partial charge in [0.05, 0.1) is 16.9 Å². The maximum atomic E-state index is 12.4. The summed E-state index contributed by atoms with van der Waals surface area (Å²) in [6.45, 7) is 7.45. The van der Waals surface area contributed by atoms with Gasteiger partial charge in [-0.25, -0.2) is 9.78 Å². The van der Waals surface area contributed by atoms with E-state index in [2.05, 4.69) is 15.6 Å². The highest BCUT2D eigenvalue weighted by Gasteiger charge is 2.19. The Morgan fingerprint density at radius 2 is 2.00 bits per heavy atom. The molecule has 2 N–H and O–H groups in total. The van der Waals surface area contributed by atoms with Crippen LogP contribution in [0.2, 0.25) is 5.02 Å². The van der Waals surface area contributed by atoms with E-state index < -0.39 is 6.04 Å². The standard InChI is InChI=1S/C16H21ClN4O2/c1-9(18-15(23)20-16(2,3)4)13-19-12-8-10(17)6-7-11(12)14(22)21(13)5/h6-9H,1-5H3,(H2,18,20,23). The lowest BCUT2D eigenvalue weighted by atomic mass is 10.1. The van der Waals surface area contributed by atoms with Gasteiger partial charge in [-0.3, -0.25) is 9.36 Å². The Kier molecular flexibility index (Phi) is 4.66. The van der Waals surface area contributed by atoms with Crippen LogP contribution < -0.4 is 16.2 Å². The zero-order valence-corrected chi connectivity index (χ0v) is 14.7. The third kappa shape index (κ3) is 4.01. The van der Waals surface area contributed by atoms with Gasteiger partial charge in [0.1, 0.15) is 5.82 Å². The van der Waals surface area contributed by atoms with Crippen molar-refractivity contribution < 1.29 is 4.79 Å². The molecular weight excluding hydrogens is 316 g/mol. The molecule has 0 aliphatic heterocycles. The van der Waals surface area contributed by atoms with Crippen molar-refractivity contribution in [3.8, 4) is 0 Å². The number of nitrogens with one attached hydrogen (secondary N) is 2. The van der Waals surface area contributed by atoms with Gasteiger partial charge in [-0.1, -0.05) is 11.6 Å². The van der Waals surface area contributed by atoms with Gasteiger partial charge in [-0.15, -0.1) is 0 Å². The lowest BCUT2D eigenvalue weighted by Crippen LogP contribution is -2.47. The number of aromatic nitrogens is 2. The summed E-state index contributed by atoms with van der Waals surface area (Å²) in [6.07, 6.45) is 0. The second kappa shape index (κ2) is 6.20. The fraction of sp³-hybridized carbons (Fsp3) is 0.438. The van der Waals surface area contributed by atoms with Crippen LogP contribution in [0.1, 0.15) is 39.6 Å². The first-order valence-corrected chi connectivity index (χ1v) is 7.71. The van der Waals surface area contributed by atoms with Crippen LogP contribution in [0.25, 0.3) is 10.9 Å². The number of halogens is 1. The minimum atomic E-state index is -0.432. The first kappa shape index (κ1) is 17.3. The van der Waals surface area contributed by atoms with E-state index in [9.17, 15) is 9.59 Å². The van der Waals surface area contributed by atoms with Gasteiger partial charge in [0, 0.05) is 17.6 Å². The van der Waals surface area contributed by atoms with Gasteiger partial charge >= 0.3 is 6.03 Å². The highest BCUT2D eigenvalue weighted by Crippen LogP contribution is 2.17. The molecule has 0 fully saturated rings. The van der Waals surface area contributed by atoms with Crippen molar-refractivity contribution in [2.24, 2.45) is 7.05 Å². The van der Waals surface area contributed by atoms with E-state index in [0.717, 1.165) is 0 Å². The molecule has 0 radical (unpaired) electrons. The predicted molar refractivity (Wildman–Crippen MR) is 91.8 cm³/mol. The number of carbonyl (C=O) groups is 1. The van der Waals surface area contributed by atoms with Crippen LogP contribution in [0.15, 0.2) is 23.0 Å². The number of carbonyl (C=O) groups excluding carboxylic acids is 1. The maximum Gasteiger partial charge on any atom is 0.315 e. The molecular formula is C16H21ClN4O2. The number of fused-ring (bicyclic) bond motifs is 1. The summed E-state index contributed by atoms with van der Waals surface area (Å²) in [7, 11) is 1.64. The molecule has 1 atom stereocenters. The van der Waals surface area contributed by atoms with Crippen molar-refractivity contribution in [2.75, 3.05) is 0 Å². The highest BCUT2D eigenvalue weighted by atomic mass is 35.5. The summed E-state index contributed by atoms with van der Waals surface area (Å²) in [4.78, 5) is 28.9. The number of rotatable bonds is 2. The third-order valence-electron chi connectivity index (χ3n) is 3.30. The topological polar surface area (TPSA) is 76.0 Å². The van der Waals surface area contributed by atoms with Gasteiger partial charge in [-0.05, 0) is 45.9 Å². The predicted octanol–water partition coefficient (Wildman–Crippen LogP) is 2.75. The van der Waals surface area contributed by atoms with Crippen LogP contribution in [0, 0.1) is 0 Å². The molecule has 2 aromatic rings. The lowest BCUT2D eigenvalue weighted by molar-refractivity contribution is 0.228. The average molecular weight is 337 g/mol. The normalized spacial score (nSPS) is 13.0. The minimum Gasteiger partial charge on any atom is -0.334 e. The molecule has 0 aliphatic carbocycles. The van der Waals surface area contributed by atoms with Crippen LogP contribution in [0.5, 0.6) is 0 Å². The summed E-state index contributed by atoms with van der Waals surface area (Å²) >= 11 is 5.97. The smallest absolute Gasteiger partial charge is 0.315 e. The Balaban J connectivity index is 2.37. The summed E-state index contributed by atoms with van der Waals surface area (Å²) in [5.74, 6) is 0.467. The molecule has 23 heavy (non-hydrogen) atoms. The van der Waals surface area contributed by atoms with E-state index in [0.29, 0.717) is 21.7 Å². The van der Waals surface area contributed by atoms with E-state index in [1.807, 2.05) is 20.8 Å². The largest absolute Gasteiger partial charge is 0.334 e. The molecule has 2 rings (SSSR count). The Hall–Kier alpha value is -2.08. The molecule has 1 aromatic carbocycles. The Morgan fingerprint density at radius 1 is 1.35 bits per heavy atom. The van der Waals surface area contributed by atoms with Crippen molar-refractivity contribution in [3.63, 3.8) is 0 Å².